The summed E-state index contributed by atoms with van der Waals surface area (Å²) < 4.78 is 2.10. The molecule has 1 aromatic carbocycles. The van der Waals surface area contributed by atoms with Gasteiger partial charge in [0.2, 0.25) is 0 Å². The summed E-state index contributed by atoms with van der Waals surface area (Å²) in [6, 6.07) is 6.26. The van der Waals surface area contributed by atoms with Gasteiger partial charge >= 0.3 is 0 Å². The SMILES string of the molecule is Cc1nc2ccc(CS)cc2n1C. The van der Waals surface area contributed by atoms with Gasteiger partial charge in [-0.1, -0.05) is 6.07 Å². The molecule has 0 fully saturated rings. The van der Waals surface area contributed by atoms with Crippen LogP contribution < -0.4 is 0 Å². The fourth-order valence-corrected chi connectivity index (χ4v) is 1.65. The van der Waals surface area contributed by atoms with Crippen molar-refractivity contribution in [3.8, 4) is 0 Å². The first-order valence-electron chi connectivity index (χ1n) is 4.25. The molecule has 0 unspecified atom stereocenters. The van der Waals surface area contributed by atoms with Gasteiger partial charge in [-0.2, -0.15) is 12.6 Å². The molecule has 2 rings (SSSR count). The second-order valence-electron chi connectivity index (χ2n) is 3.20. The molecule has 0 N–H and O–H groups in total. The third-order valence-corrected chi connectivity index (χ3v) is 2.72. The molecule has 0 atom stereocenters. The number of benzene rings is 1. The van der Waals surface area contributed by atoms with Crippen LogP contribution in [-0.4, -0.2) is 9.55 Å². The summed E-state index contributed by atoms with van der Waals surface area (Å²) in [5.74, 6) is 1.83. The minimum atomic E-state index is 0.778. The van der Waals surface area contributed by atoms with Gasteiger partial charge in [0.15, 0.2) is 0 Å². The van der Waals surface area contributed by atoms with Gasteiger partial charge in [-0.05, 0) is 24.6 Å². The molecule has 0 saturated heterocycles. The minimum Gasteiger partial charge on any atom is -0.331 e. The first kappa shape index (κ1) is 8.63. The topological polar surface area (TPSA) is 17.8 Å². The van der Waals surface area contributed by atoms with Gasteiger partial charge < -0.3 is 4.57 Å². The highest BCUT2D eigenvalue weighted by Gasteiger charge is 2.03. The van der Waals surface area contributed by atoms with Crippen molar-refractivity contribution in [1.82, 2.24) is 9.55 Å². The monoisotopic (exact) mass is 192 g/mol. The molecule has 2 nitrogen and oxygen atoms in total. The summed E-state index contributed by atoms with van der Waals surface area (Å²) in [4.78, 5) is 4.43. The number of hydrogen-bond donors (Lipinski definition) is 1. The van der Waals surface area contributed by atoms with E-state index in [1.807, 2.05) is 20.0 Å². The highest BCUT2D eigenvalue weighted by molar-refractivity contribution is 7.79. The van der Waals surface area contributed by atoms with E-state index in [1.165, 1.54) is 11.1 Å². The molecule has 1 aromatic heterocycles. The van der Waals surface area contributed by atoms with Crippen molar-refractivity contribution >= 4 is 23.7 Å². The molecule has 0 radical (unpaired) electrons. The number of aryl methyl sites for hydroxylation is 2. The maximum Gasteiger partial charge on any atom is 0.106 e. The standard InChI is InChI=1S/C10H12N2S/c1-7-11-9-4-3-8(6-13)5-10(9)12(7)2/h3-5,13H,6H2,1-2H3. The van der Waals surface area contributed by atoms with E-state index >= 15 is 0 Å². The van der Waals surface area contributed by atoms with Crippen LogP contribution in [0.25, 0.3) is 11.0 Å². The Morgan fingerprint density at radius 3 is 2.92 bits per heavy atom. The molecule has 0 aliphatic heterocycles. The summed E-state index contributed by atoms with van der Waals surface area (Å²) in [5, 5.41) is 0. The second kappa shape index (κ2) is 3.07. The largest absolute Gasteiger partial charge is 0.331 e. The van der Waals surface area contributed by atoms with Crippen LogP contribution in [0.3, 0.4) is 0 Å². The lowest BCUT2D eigenvalue weighted by Crippen LogP contribution is -1.90. The molecule has 2 aromatic rings. The van der Waals surface area contributed by atoms with Crippen molar-refractivity contribution in [2.75, 3.05) is 0 Å². The highest BCUT2D eigenvalue weighted by atomic mass is 32.1. The van der Waals surface area contributed by atoms with Gasteiger partial charge in [0.25, 0.3) is 0 Å². The zero-order valence-electron chi connectivity index (χ0n) is 7.78. The molecule has 13 heavy (non-hydrogen) atoms. The Balaban J connectivity index is 2.75. The number of rotatable bonds is 1. The quantitative estimate of drug-likeness (QED) is 0.686. The zero-order valence-corrected chi connectivity index (χ0v) is 8.68. The number of hydrogen-bond acceptors (Lipinski definition) is 2. The fraction of sp³-hybridized carbons (Fsp3) is 0.300. The van der Waals surface area contributed by atoms with Crippen LogP contribution in [0.4, 0.5) is 0 Å². The number of imidazole rings is 1. The van der Waals surface area contributed by atoms with Crippen molar-refractivity contribution in [1.29, 1.82) is 0 Å². The first-order valence-corrected chi connectivity index (χ1v) is 4.88. The van der Waals surface area contributed by atoms with Crippen LogP contribution in [0.15, 0.2) is 18.2 Å². The minimum absolute atomic E-state index is 0.778. The van der Waals surface area contributed by atoms with Crippen LogP contribution in [0.1, 0.15) is 11.4 Å². The Kier molecular flexibility index (Phi) is 2.04. The van der Waals surface area contributed by atoms with Crippen molar-refractivity contribution in [3.05, 3.63) is 29.6 Å². The molecule has 0 bridgehead atoms. The summed E-state index contributed by atoms with van der Waals surface area (Å²) in [7, 11) is 2.03. The Labute approximate surface area is 83.0 Å². The molecule has 0 amide bonds. The smallest absolute Gasteiger partial charge is 0.106 e. The van der Waals surface area contributed by atoms with E-state index in [-0.39, 0.29) is 0 Å². The van der Waals surface area contributed by atoms with E-state index in [1.54, 1.807) is 0 Å². The lowest BCUT2D eigenvalue weighted by molar-refractivity contribution is 0.885. The third kappa shape index (κ3) is 1.33. The van der Waals surface area contributed by atoms with Crippen LogP contribution in [0, 0.1) is 6.92 Å². The average molecular weight is 192 g/mol. The Morgan fingerprint density at radius 2 is 2.23 bits per heavy atom. The molecular formula is C10H12N2S. The molecular weight excluding hydrogens is 180 g/mol. The Bertz CT molecular complexity index is 445. The predicted octanol–water partition coefficient (Wildman–Crippen LogP) is 2.31. The van der Waals surface area contributed by atoms with E-state index in [0.717, 1.165) is 17.1 Å². The van der Waals surface area contributed by atoms with Crippen LogP contribution >= 0.6 is 12.6 Å². The van der Waals surface area contributed by atoms with Gasteiger partial charge in [0.1, 0.15) is 5.82 Å². The van der Waals surface area contributed by atoms with Gasteiger partial charge in [-0.3, -0.25) is 0 Å². The number of thiol groups is 1. The summed E-state index contributed by atoms with van der Waals surface area (Å²) in [6.07, 6.45) is 0. The summed E-state index contributed by atoms with van der Waals surface area (Å²) in [5.41, 5.74) is 3.48. The maximum atomic E-state index is 4.43. The van der Waals surface area contributed by atoms with E-state index in [9.17, 15) is 0 Å². The van der Waals surface area contributed by atoms with Crippen LogP contribution in [-0.2, 0) is 12.8 Å². The average Bonchev–Trinajstić information content (AvgIpc) is 2.43. The van der Waals surface area contributed by atoms with Crippen molar-refractivity contribution in [2.45, 2.75) is 12.7 Å². The van der Waals surface area contributed by atoms with Gasteiger partial charge in [0, 0.05) is 12.8 Å². The molecule has 3 heteroatoms. The van der Waals surface area contributed by atoms with Crippen molar-refractivity contribution < 1.29 is 0 Å². The molecule has 1 heterocycles. The predicted molar refractivity (Wildman–Crippen MR) is 58.1 cm³/mol. The summed E-state index contributed by atoms with van der Waals surface area (Å²) >= 11 is 4.25. The molecule has 0 spiro atoms. The Morgan fingerprint density at radius 1 is 1.46 bits per heavy atom. The van der Waals surface area contributed by atoms with E-state index in [2.05, 4.69) is 34.3 Å². The molecule has 68 valence electrons. The van der Waals surface area contributed by atoms with Gasteiger partial charge in [0.05, 0.1) is 11.0 Å². The van der Waals surface area contributed by atoms with Crippen LogP contribution in [0.2, 0.25) is 0 Å². The lowest BCUT2D eigenvalue weighted by atomic mass is 10.2. The van der Waals surface area contributed by atoms with Crippen molar-refractivity contribution in [2.24, 2.45) is 7.05 Å². The third-order valence-electron chi connectivity index (χ3n) is 2.35. The summed E-state index contributed by atoms with van der Waals surface area (Å²) in [6.45, 7) is 2.01. The molecule has 0 saturated carbocycles. The van der Waals surface area contributed by atoms with Gasteiger partial charge in [-0.15, -0.1) is 0 Å². The number of fused-ring (bicyclic) bond motifs is 1. The normalized spacial score (nSPS) is 11.0. The van der Waals surface area contributed by atoms with E-state index in [0.29, 0.717) is 0 Å². The van der Waals surface area contributed by atoms with Crippen molar-refractivity contribution in [3.63, 3.8) is 0 Å². The second-order valence-corrected chi connectivity index (χ2v) is 3.52. The number of aromatic nitrogens is 2. The molecule has 0 aliphatic carbocycles. The van der Waals surface area contributed by atoms with Gasteiger partial charge in [-0.25, -0.2) is 4.98 Å². The highest BCUT2D eigenvalue weighted by Crippen LogP contribution is 2.17. The van der Waals surface area contributed by atoms with Crippen LogP contribution in [0.5, 0.6) is 0 Å². The fourth-order valence-electron chi connectivity index (χ4n) is 1.45. The maximum absolute atomic E-state index is 4.43. The number of nitrogens with zero attached hydrogens (tertiary/aromatic N) is 2. The Hall–Kier alpha value is -0.960. The lowest BCUT2D eigenvalue weighted by Gasteiger charge is -1.98. The van der Waals surface area contributed by atoms with E-state index in [4.69, 9.17) is 0 Å². The van der Waals surface area contributed by atoms with E-state index < -0.39 is 0 Å². The first-order chi connectivity index (χ1) is 6.22. The zero-order chi connectivity index (χ0) is 9.42. The molecule has 0 aliphatic rings.